The van der Waals surface area contributed by atoms with Crippen molar-refractivity contribution in [1.29, 1.82) is 0 Å². The molecule has 0 saturated heterocycles. The minimum absolute atomic E-state index is 0.161. The smallest absolute Gasteiger partial charge is 0.301 e. The molecule has 0 radical (unpaired) electrons. The molecule has 3 aromatic heterocycles. The fourth-order valence-corrected chi connectivity index (χ4v) is 4.50. The van der Waals surface area contributed by atoms with Crippen LogP contribution in [-0.2, 0) is 6.61 Å². The van der Waals surface area contributed by atoms with E-state index in [0.29, 0.717) is 21.7 Å². The van der Waals surface area contributed by atoms with Crippen molar-refractivity contribution in [2.45, 2.75) is 6.61 Å². The fourth-order valence-electron chi connectivity index (χ4n) is 3.08. The zero-order chi connectivity index (χ0) is 21.9. The number of hydrogen-bond donors (Lipinski definition) is 2. The molecule has 32 heavy (non-hydrogen) atoms. The number of aliphatic hydroxyl groups is 1. The van der Waals surface area contributed by atoms with Gasteiger partial charge in [0.05, 0.1) is 23.7 Å². The van der Waals surface area contributed by atoms with Gasteiger partial charge in [0.15, 0.2) is 5.69 Å². The molecule has 0 aliphatic rings. The van der Waals surface area contributed by atoms with Crippen molar-refractivity contribution in [2.24, 2.45) is 10.2 Å². The lowest BCUT2D eigenvalue weighted by molar-refractivity contribution is 0.278. The van der Waals surface area contributed by atoms with Gasteiger partial charge in [0.1, 0.15) is 0 Å². The summed E-state index contributed by atoms with van der Waals surface area (Å²) in [6.45, 7) is -0.175. The average Bonchev–Trinajstić information content (AvgIpc) is 3.58. The van der Waals surface area contributed by atoms with E-state index in [2.05, 4.69) is 25.3 Å². The van der Waals surface area contributed by atoms with Crippen LogP contribution in [0, 0.1) is 0 Å². The topological polar surface area (TPSA) is 109 Å². The van der Waals surface area contributed by atoms with Crippen LogP contribution in [0.15, 0.2) is 86.4 Å². The first-order valence-electron chi connectivity index (χ1n) is 9.61. The molecule has 0 bridgehead atoms. The molecule has 0 amide bonds. The minimum Gasteiger partial charge on any atom is -0.390 e. The maximum atomic E-state index is 13.3. The highest BCUT2D eigenvalue weighted by Crippen LogP contribution is 2.30. The summed E-state index contributed by atoms with van der Waals surface area (Å²) in [4.78, 5) is 22.1. The molecule has 5 rings (SSSR count). The van der Waals surface area contributed by atoms with Crippen LogP contribution in [0.2, 0.25) is 0 Å². The number of nitrogens with one attached hydrogen (secondary N) is 1. The van der Waals surface area contributed by atoms with Gasteiger partial charge in [-0.2, -0.15) is 4.68 Å². The molecule has 8 nitrogen and oxygen atoms in total. The number of aliphatic hydroxyl groups excluding tert-OH is 1. The van der Waals surface area contributed by atoms with E-state index in [4.69, 9.17) is 0 Å². The van der Waals surface area contributed by atoms with Crippen molar-refractivity contribution in [2.75, 3.05) is 0 Å². The van der Waals surface area contributed by atoms with Crippen LogP contribution in [0.4, 0.5) is 10.8 Å². The van der Waals surface area contributed by atoms with Crippen LogP contribution in [0.5, 0.6) is 0 Å². The highest BCUT2D eigenvalue weighted by Gasteiger charge is 2.19. The van der Waals surface area contributed by atoms with Gasteiger partial charge in [-0.3, -0.25) is 9.89 Å². The van der Waals surface area contributed by atoms with E-state index in [1.807, 2.05) is 66.0 Å². The molecule has 2 N–H and O–H groups in total. The third-order valence-electron chi connectivity index (χ3n) is 4.62. The zero-order valence-corrected chi connectivity index (χ0v) is 18.2. The SMILES string of the molecule is O=c1c(N=Nc2nc(CO)cs2)c(-c2ccccc2)[nH]n1-c1nc(-c2ccccc2)cs1. The zero-order valence-electron chi connectivity index (χ0n) is 16.5. The van der Waals surface area contributed by atoms with E-state index >= 15 is 0 Å². The van der Waals surface area contributed by atoms with Crippen LogP contribution < -0.4 is 5.56 Å². The standard InChI is InChI=1S/C22H16N6O2S2/c29-11-16-12-31-21(23-16)26-25-19-18(15-9-5-2-6-10-15)27-28(20(19)30)22-24-17(13-32-22)14-7-3-1-4-8-14/h1-10,12-13,27,29H,11H2. The number of thiazole rings is 2. The van der Waals surface area contributed by atoms with Crippen molar-refractivity contribution >= 4 is 33.5 Å². The monoisotopic (exact) mass is 460 g/mol. The molecule has 5 aromatic rings. The molecule has 0 spiro atoms. The van der Waals surface area contributed by atoms with E-state index < -0.39 is 0 Å². The first-order chi connectivity index (χ1) is 15.7. The molecule has 0 aliphatic carbocycles. The predicted octanol–water partition coefficient (Wildman–Crippen LogP) is 5.32. The summed E-state index contributed by atoms with van der Waals surface area (Å²) >= 11 is 2.60. The Labute approximate surface area is 190 Å². The van der Waals surface area contributed by atoms with Gasteiger partial charge in [0.25, 0.3) is 0 Å². The molecule has 10 heteroatoms. The van der Waals surface area contributed by atoms with E-state index in [1.54, 1.807) is 5.38 Å². The summed E-state index contributed by atoms with van der Waals surface area (Å²) in [5, 5.41) is 25.1. The number of aromatic nitrogens is 4. The average molecular weight is 461 g/mol. The van der Waals surface area contributed by atoms with Crippen LogP contribution in [0.3, 0.4) is 0 Å². The van der Waals surface area contributed by atoms with Crippen LogP contribution in [0.1, 0.15) is 5.69 Å². The van der Waals surface area contributed by atoms with E-state index in [0.717, 1.165) is 16.8 Å². The van der Waals surface area contributed by atoms with Crippen molar-refractivity contribution in [1.82, 2.24) is 19.7 Å². The summed E-state index contributed by atoms with van der Waals surface area (Å²) in [5.41, 5.74) is 3.41. The third-order valence-corrected chi connectivity index (χ3v) is 6.22. The van der Waals surface area contributed by atoms with Crippen molar-refractivity contribution in [3.8, 4) is 27.6 Å². The van der Waals surface area contributed by atoms with Gasteiger partial charge in [-0.1, -0.05) is 60.7 Å². The number of H-pyrrole nitrogens is 1. The van der Waals surface area contributed by atoms with E-state index in [1.165, 1.54) is 27.4 Å². The van der Waals surface area contributed by atoms with Gasteiger partial charge < -0.3 is 5.11 Å². The summed E-state index contributed by atoms with van der Waals surface area (Å²) < 4.78 is 1.38. The van der Waals surface area contributed by atoms with Gasteiger partial charge >= 0.3 is 5.56 Å². The first kappa shape index (κ1) is 20.2. The largest absolute Gasteiger partial charge is 0.390 e. The number of nitrogens with zero attached hydrogens (tertiary/aromatic N) is 5. The molecule has 0 atom stereocenters. The van der Waals surface area contributed by atoms with Gasteiger partial charge in [0.2, 0.25) is 10.3 Å². The molecule has 0 fully saturated rings. The Morgan fingerprint density at radius 2 is 1.62 bits per heavy atom. The molecule has 2 aromatic carbocycles. The Balaban J connectivity index is 1.59. The summed E-state index contributed by atoms with van der Waals surface area (Å²) in [6.07, 6.45) is 0. The first-order valence-corrected chi connectivity index (χ1v) is 11.4. The van der Waals surface area contributed by atoms with Gasteiger partial charge in [-0.25, -0.2) is 9.97 Å². The summed E-state index contributed by atoms with van der Waals surface area (Å²) in [5.74, 6) is 0. The van der Waals surface area contributed by atoms with Gasteiger partial charge in [0, 0.05) is 21.9 Å². The summed E-state index contributed by atoms with van der Waals surface area (Å²) in [6, 6.07) is 19.2. The lowest BCUT2D eigenvalue weighted by Crippen LogP contribution is -2.13. The lowest BCUT2D eigenvalue weighted by atomic mass is 10.1. The Bertz CT molecular complexity index is 1430. The highest BCUT2D eigenvalue weighted by atomic mass is 32.1. The number of aromatic amines is 1. The molecular formula is C22H16N6O2S2. The number of azo groups is 1. The quantitative estimate of drug-likeness (QED) is 0.334. The normalized spacial score (nSPS) is 11.4. The second kappa shape index (κ2) is 8.79. The maximum absolute atomic E-state index is 13.3. The van der Waals surface area contributed by atoms with E-state index in [9.17, 15) is 9.90 Å². The van der Waals surface area contributed by atoms with Crippen LogP contribution >= 0.6 is 22.7 Å². The molecule has 0 unspecified atom stereocenters. The minimum atomic E-state index is -0.361. The van der Waals surface area contributed by atoms with Gasteiger partial charge in [-0.15, -0.1) is 32.9 Å². The molecular weight excluding hydrogens is 444 g/mol. The Morgan fingerprint density at radius 1 is 0.906 bits per heavy atom. The number of rotatable bonds is 6. The molecule has 0 aliphatic heterocycles. The Kier molecular flexibility index (Phi) is 5.55. The third kappa shape index (κ3) is 3.94. The van der Waals surface area contributed by atoms with E-state index in [-0.39, 0.29) is 17.9 Å². The second-order valence-corrected chi connectivity index (χ2v) is 8.38. The van der Waals surface area contributed by atoms with Crippen molar-refractivity contribution in [3.63, 3.8) is 0 Å². The highest BCUT2D eigenvalue weighted by molar-refractivity contribution is 7.13. The predicted molar refractivity (Wildman–Crippen MR) is 125 cm³/mol. The second-order valence-electron chi connectivity index (χ2n) is 6.70. The lowest BCUT2D eigenvalue weighted by Gasteiger charge is -1.99. The number of benzene rings is 2. The van der Waals surface area contributed by atoms with Crippen molar-refractivity contribution < 1.29 is 5.11 Å². The van der Waals surface area contributed by atoms with Crippen molar-refractivity contribution in [3.05, 3.63) is 87.5 Å². The maximum Gasteiger partial charge on any atom is 0.301 e. The molecule has 0 saturated carbocycles. The fraction of sp³-hybridized carbons (Fsp3) is 0.0455. The van der Waals surface area contributed by atoms with Crippen LogP contribution in [0.25, 0.3) is 27.6 Å². The Hall–Kier alpha value is -3.73. The van der Waals surface area contributed by atoms with Gasteiger partial charge in [-0.05, 0) is 0 Å². The molecule has 158 valence electrons. The number of hydrogen-bond acceptors (Lipinski definition) is 8. The van der Waals surface area contributed by atoms with Crippen LogP contribution in [-0.4, -0.2) is 24.9 Å². The molecule has 3 heterocycles. The summed E-state index contributed by atoms with van der Waals surface area (Å²) in [7, 11) is 0. The Morgan fingerprint density at radius 3 is 2.31 bits per heavy atom.